The number of alkyl halides is 3. The average Bonchev–Trinajstić information content (AvgIpc) is 3.36. The first-order valence-electron chi connectivity index (χ1n) is 10.3. The van der Waals surface area contributed by atoms with Crippen LogP contribution >= 0.6 is 67.8 Å². The second kappa shape index (κ2) is 10.1. The van der Waals surface area contributed by atoms with Crippen LogP contribution in [0.25, 0.3) is 0 Å². The molecule has 6 atom stereocenters. The smallest absolute Gasteiger partial charge is 0.464 e. The minimum atomic E-state index is -5.55. The Labute approximate surface area is 239 Å². The minimum absolute atomic E-state index is 0.126. The second-order valence-electron chi connectivity index (χ2n) is 8.58. The predicted octanol–water partition coefficient (Wildman–Crippen LogP) is 3.48. The quantitative estimate of drug-likeness (QED) is 0.194. The lowest BCUT2D eigenvalue weighted by Crippen LogP contribution is -2.42. The lowest BCUT2D eigenvalue weighted by molar-refractivity contribution is -0.156. The van der Waals surface area contributed by atoms with E-state index in [9.17, 15) is 36.0 Å². The number of nitrogens with one attached hydrogen (secondary N) is 1. The van der Waals surface area contributed by atoms with Gasteiger partial charge in [-0.1, -0.05) is 0 Å². The number of hydrogen-bond donors (Lipinski definition) is 1. The van der Waals surface area contributed by atoms with Gasteiger partial charge in [-0.3, -0.25) is 9.59 Å². The van der Waals surface area contributed by atoms with E-state index < -0.39 is 64.5 Å². The van der Waals surface area contributed by atoms with Crippen LogP contribution in [0.1, 0.15) is 23.2 Å². The molecule has 192 valence electrons. The molecule has 0 spiro atoms. The maximum atomic E-state index is 13.0. The van der Waals surface area contributed by atoms with E-state index >= 15 is 0 Å². The van der Waals surface area contributed by atoms with Crippen LogP contribution in [0.2, 0.25) is 0 Å². The number of hydrogen-bond acceptors (Lipinski definition) is 7. The molecule has 2 bridgehead atoms. The Hall–Kier alpha value is -0.280. The Morgan fingerprint density at radius 1 is 1.11 bits per heavy atom. The fourth-order valence-electron chi connectivity index (χ4n) is 5.45. The summed E-state index contributed by atoms with van der Waals surface area (Å²) in [5.74, 6) is -3.74. The molecule has 35 heavy (non-hydrogen) atoms. The van der Waals surface area contributed by atoms with Crippen molar-refractivity contribution in [2.45, 2.75) is 24.5 Å². The number of carbonyl (C=O) groups is 3. The maximum Gasteiger partial charge on any atom is 0.511 e. The van der Waals surface area contributed by atoms with Crippen molar-refractivity contribution in [3.8, 4) is 0 Å². The molecular formula is C20H17F3I3NO7S. The van der Waals surface area contributed by atoms with Gasteiger partial charge in [-0.15, -0.1) is 0 Å². The van der Waals surface area contributed by atoms with Crippen LogP contribution in [0.5, 0.6) is 0 Å². The van der Waals surface area contributed by atoms with Gasteiger partial charge in [-0.2, -0.15) is 13.2 Å². The molecule has 3 aliphatic rings. The highest BCUT2D eigenvalue weighted by molar-refractivity contribution is 14.1. The van der Waals surface area contributed by atoms with Crippen molar-refractivity contribution in [2.75, 3.05) is 13.2 Å². The molecule has 3 fully saturated rings. The van der Waals surface area contributed by atoms with Gasteiger partial charge in [-0.25, -0.2) is 17.9 Å². The molecule has 0 amide bonds. The van der Waals surface area contributed by atoms with Crippen molar-refractivity contribution >= 4 is 95.5 Å². The SMILES string of the molecule is O=C(OC1C2CC(=O)C3C2CC1C3C(=O)OCCNS(=O)(=O)C(F)(F)F)c1cc(I)cc(I)c1I. The number of rotatable bonds is 7. The third-order valence-electron chi connectivity index (χ3n) is 6.73. The molecule has 0 radical (unpaired) electrons. The number of esters is 2. The monoisotopic (exact) mass is 853 g/mol. The molecular weight excluding hydrogens is 836 g/mol. The summed E-state index contributed by atoms with van der Waals surface area (Å²) in [5.41, 5.74) is -5.09. The molecule has 1 aromatic rings. The Kier molecular flexibility index (Phi) is 8.02. The van der Waals surface area contributed by atoms with Crippen molar-refractivity contribution in [1.29, 1.82) is 0 Å². The summed E-state index contributed by atoms with van der Waals surface area (Å²) < 4.78 is 74.1. The number of Topliss-reactive ketones (excluding diaryl/α,β-unsaturated/α-hetero) is 1. The van der Waals surface area contributed by atoms with Crippen molar-refractivity contribution in [1.82, 2.24) is 4.72 Å². The van der Waals surface area contributed by atoms with Crippen LogP contribution in [0.3, 0.4) is 0 Å². The van der Waals surface area contributed by atoms with Crippen LogP contribution in [0, 0.1) is 40.3 Å². The first-order chi connectivity index (χ1) is 16.2. The first kappa shape index (κ1) is 27.7. The molecule has 0 aliphatic heterocycles. The van der Waals surface area contributed by atoms with Gasteiger partial charge in [0.05, 0.1) is 11.5 Å². The Morgan fingerprint density at radius 2 is 1.80 bits per heavy atom. The maximum absolute atomic E-state index is 13.0. The third kappa shape index (κ3) is 5.21. The summed E-state index contributed by atoms with van der Waals surface area (Å²) in [4.78, 5) is 38.5. The minimum Gasteiger partial charge on any atom is -0.464 e. The second-order valence-corrected chi connectivity index (χ2v) is 13.8. The van der Waals surface area contributed by atoms with E-state index in [2.05, 4.69) is 67.8 Å². The van der Waals surface area contributed by atoms with Gasteiger partial charge in [0.25, 0.3) is 0 Å². The van der Waals surface area contributed by atoms with Crippen LogP contribution in [0.15, 0.2) is 12.1 Å². The van der Waals surface area contributed by atoms with Gasteiger partial charge in [0.1, 0.15) is 18.5 Å². The summed E-state index contributed by atoms with van der Waals surface area (Å²) in [6.45, 7) is -1.40. The summed E-state index contributed by atoms with van der Waals surface area (Å²) >= 11 is 6.27. The van der Waals surface area contributed by atoms with Gasteiger partial charge in [0.2, 0.25) is 0 Å². The summed E-state index contributed by atoms with van der Waals surface area (Å²) in [7, 11) is -5.55. The van der Waals surface area contributed by atoms with Gasteiger partial charge >= 0.3 is 27.5 Å². The van der Waals surface area contributed by atoms with Crippen LogP contribution < -0.4 is 4.72 Å². The largest absolute Gasteiger partial charge is 0.511 e. The van der Waals surface area contributed by atoms with Gasteiger partial charge in [0, 0.05) is 41.4 Å². The fraction of sp³-hybridized carbons (Fsp3) is 0.550. The number of benzene rings is 1. The lowest BCUT2D eigenvalue weighted by Gasteiger charge is -2.32. The van der Waals surface area contributed by atoms with E-state index in [1.54, 1.807) is 6.07 Å². The Morgan fingerprint density at radius 3 is 2.46 bits per heavy atom. The van der Waals surface area contributed by atoms with Crippen LogP contribution in [-0.4, -0.2) is 50.9 Å². The summed E-state index contributed by atoms with van der Waals surface area (Å²) in [6.07, 6.45) is 0.0168. The van der Waals surface area contributed by atoms with Crippen molar-refractivity contribution in [3.63, 3.8) is 0 Å². The number of carbonyl (C=O) groups excluding carboxylic acids is 3. The molecule has 15 heteroatoms. The zero-order chi connectivity index (χ0) is 25.9. The van der Waals surface area contributed by atoms with E-state index in [0.717, 1.165) is 10.7 Å². The number of ether oxygens (including phenoxy) is 2. The van der Waals surface area contributed by atoms with Gasteiger partial charge < -0.3 is 9.47 Å². The van der Waals surface area contributed by atoms with E-state index in [1.807, 2.05) is 6.07 Å². The van der Waals surface area contributed by atoms with Gasteiger partial charge in [0.15, 0.2) is 0 Å². The molecule has 1 N–H and O–H groups in total. The molecule has 4 rings (SSSR count). The number of ketones is 1. The first-order valence-corrected chi connectivity index (χ1v) is 15.1. The highest BCUT2D eigenvalue weighted by Gasteiger charge is 2.68. The normalized spacial score (nSPS) is 29.5. The molecule has 0 aromatic heterocycles. The number of halogens is 6. The standard InChI is InChI=1S/C20H17F3I3NO7S/c21-20(22,23)35(31,32)27-1-2-33-19(30)15-10-5-8-9(6-13(28)14(8)15)17(10)34-18(29)11-3-7(24)4-12(25)16(11)26/h3-4,8-10,14-15,17,27H,1-2,5-6H2. The molecule has 6 unspecified atom stereocenters. The molecule has 1 aromatic carbocycles. The number of fused-ring (bicyclic) bond motifs is 1. The van der Waals surface area contributed by atoms with Crippen molar-refractivity contribution in [2.24, 2.45) is 29.6 Å². The average molecular weight is 853 g/mol. The van der Waals surface area contributed by atoms with Crippen molar-refractivity contribution in [3.05, 3.63) is 28.4 Å². The van der Waals surface area contributed by atoms with Crippen LogP contribution in [-0.2, 0) is 29.1 Å². The highest BCUT2D eigenvalue weighted by atomic mass is 127. The Balaban J connectivity index is 1.44. The summed E-state index contributed by atoms with van der Waals surface area (Å²) in [6, 6.07) is 3.62. The molecule has 0 heterocycles. The predicted molar refractivity (Wildman–Crippen MR) is 139 cm³/mol. The third-order valence-corrected chi connectivity index (χ3v) is 11.6. The van der Waals surface area contributed by atoms with E-state index in [0.29, 0.717) is 12.0 Å². The van der Waals surface area contributed by atoms with Crippen molar-refractivity contribution < 1.29 is 45.4 Å². The summed E-state index contributed by atoms with van der Waals surface area (Å²) in [5, 5.41) is 0. The molecule has 3 aliphatic carbocycles. The van der Waals surface area contributed by atoms with Gasteiger partial charge in [-0.05, 0) is 92.2 Å². The lowest BCUT2D eigenvalue weighted by atomic mass is 9.78. The van der Waals surface area contributed by atoms with E-state index in [4.69, 9.17) is 9.47 Å². The fourth-order valence-corrected chi connectivity index (χ4v) is 8.34. The zero-order valence-electron chi connectivity index (χ0n) is 17.5. The zero-order valence-corrected chi connectivity index (χ0v) is 24.8. The molecule has 0 saturated heterocycles. The topological polar surface area (TPSA) is 116 Å². The van der Waals surface area contributed by atoms with Crippen LogP contribution in [0.4, 0.5) is 13.2 Å². The van der Waals surface area contributed by atoms with E-state index in [-0.39, 0.29) is 24.0 Å². The highest BCUT2D eigenvalue weighted by Crippen LogP contribution is 2.62. The molecule has 8 nitrogen and oxygen atoms in total. The molecule has 3 saturated carbocycles. The number of sulfonamides is 1. The van der Waals surface area contributed by atoms with E-state index in [1.165, 1.54) is 4.72 Å². The Bertz CT molecular complexity index is 1190.